The van der Waals surface area contributed by atoms with Crippen LogP contribution >= 0.6 is 27.3 Å². The Morgan fingerprint density at radius 3 is 2.78 bits per heavy atom. The molecule has 1 heterocycles. The lowest BCUT2D eigenvalue weighted by molar-refractivity contribution is 0.199. The molecule has 4 heteroatoms. The molecule has 0 spiro atoms. The molecule has 2 nitrogen and oxygen atoms in total. The molecule has 0 aromatic carbocycles. The lowest BCUT2D eigenvalue weighted by atomic mass is 9.92. The van der Waals surface area contributed by atoms with Crippen LogP contribution in [0.1, 0.15) is 31.6 Å². The molecule has 0 saturated heterocycles. The van der Waals surface area contributed by atoms with Gasteiger partial charge in [-0.25, -0.2) is 0 Å². The minimum Gasteiger partial charge on any atom is -0.313 e. The number of hydrogen-bond acceptors (Lipinski definition) is 3. The predicted octanol–water partition coefficient (Wildman–Crippen LogP) is 3.72. The van der Waals surface area contributed by atoms with Gasteiger partial charge in [-0.05, 0) is 47.3 Å². The Labute approximate surface area is 123 Å². The number of rotatable bonds is 7. The lowest BCUT2D eigenvalue weighted by Crippen LogP contribution is -2.39. The van der Waals surface area contributed by atoms with Crippen LogP contribution in [0.4, 0.5) is 0 Å². The summed E-state index contributed by atoms with van der Waals surface area (Å²) in [6, 6.07) is 3.03. The second-order valence-corrected chi connectivity index (χ2v) is 8.13. The third-order valence-corrected chi connectivity index (χ3v) is 4.87. The predicted molar refractivity (Wildman–Crippen MR) is 83.2 cm³/mol. The van der Waals surface area contributed by atoms with Gasteiger partial charge in [0.1, 0.15) is 0 Å². The van der Waals surface area contributed by atoms with Crippen molar-refractivity contribution in [2.45, 2.75) is 39.3 Å². The molecule has 1 saturated carbocycles. The van der Waals surface area contributed by atoms with Crippen LogP contribution in [0.2, 0.25) is 0 Å². The lowest BCUT2D eigenvalue weighted by Gasteiger charge is -2.30. The van der Waals surface area contributed by atoms with E-state index >= 15 is 0 Å². The Hall–Kier alpha value is 0.1000. The molecule has 1 aliphatic carbocycles. The van der Waals surface area contributed by atoms with Crippen molar-refractivity contribution in [3.63, 3.8) is 0 Å². The van der Waals surface area contributed by atoms with E-state index in [1.807, 2.05) is 11.3 Å². The van der Waals surface area contributed by atoms with Crippen molar-refractivity contribution in [2.24, 2.45) is 5.41 Å². The fourth-order valence-corrected chi connectivity index (χ4v) is 3.78. The van der Waals surface area contributed by atoms with Crippen LogP contribution in [-0.4, -0.2) is 31.1 Å². The molecule has 2 rings (SSSR count). The zero-order valence-corrected chi connectivity index (χ0v) is 13.9. The van der Waals surface area contributed by atoms with Crippen molar-refractivity contribution >= 4 is 27.3 Å². The standard InChI is InChI=1S/C14H23BrN2S/c1-14(2,9-16-12-4-5-12)10-17(3)7-13-6-11(15)8-18-13/h6,8,12,16H,4-5,7,9-10H2,1-3H3. The van der Waals surface area contributed by atoms with Crippen molar-refractivity contribution in [3.05, 3.63) is 20.8 Å². The summed E-state index contributed by atoms with van der Waals surface area (Å²) in [6.45, 7) is 7.99. The van der Waals surface area contributed by atoms with E-state index in [1.54, 1.807) is 0 Å². The number of hydrogen-bond donors (Lipinski definition) is 1. The minimum absolute atomic E-state index is 0.339. The number of halogens is 1. The van der Waals surface area contributed by atoms with E-state index in [0.29, 0.717) is 5.41 Å². The van der Waals surface area contributed by atoms with Crippen LogP contribution < -0.4 is 5.32 Å². The summed E-state index contributed by atoms with van der Waals surface area (Å²) in [5.74, 6) is 0. The van der Waals surface area contributed by atoms with E-state index in [0.717, 1.165) is 25.7 Å². The molecule has 0 atom stereocenters. The molecular formula is C14H23BrN2S. The van der Waals surface area contributed by atoms with Crippen molar-refractivity contribution in [1.29, 1.82) is 0 Å². The highest BCUT2D eigenvalue weighted by molar-refractivity contribution is 9.10. The van der Waals surface area contributed by atoms with E-state index in [2.05, 4.69) is 58.5 Å². The Kier molecular flexibility index (Phi) is 4.86. The maximum absolute atomic E-state index is 3.64. The first-order valence-electron chi connectivity index (χ1n) is 6.59. The molecule has 1 fully saturated rings. The van der Waals surface area contributed by atoms with Gasteiger partial charge in [-0.2, -0.15) is 0 Å². The van der Waals surface area contributed by atoms with Crippen molar-refractivity contribution in [2.75, 3.05) is 20.1 Å². The highest BCUT2D eigenvalue weighted by Gasteiger charge is 2.26. The molecule has 0 bridgehead atoms. The summed E-state index contributed by atoms with van der Waals surface area (Å²) in [4.78, 5) is 3.85. The summed E-state index contributed by atoms with van der Waals surface area (Å²) < 4.78 is 1.20. The van der Waals surface area contributed by atoms with E-state index in [4.69, 9.17) is 0 Å². The highest BCUT2D eigenvalue weighted by atomic mass is 79.9. The number of nitrogens with zero attached hydrogens (tertiary/aromatic N) is 1. The third kappa shape index (κ3) is 5.00. The largest absolute Gasteiger partial charge is 0.313 e. The summed E-state index contributed by atoms with van der Waals surface area (Å²) in [7, 11) is 2.21. The molecule has 0 unspecified atom stereocenters. The monoisotopic (exact) mass is 330 g/mol. The first kappa shape index (κ1) is 14.5. The molecule has 102 valence electrons. The number of nitrogens with one attached hydrogen (secondary N) is 1. The fourth-order valence-electron chi connectivity index (χ4n) is 2.25. The first-order chi connectivity index (χ1) is 8.44. The van der Waals surface area contributed by atoms with Gasteiger partial charge in [-0.1, -0.05) is 13.8 Å². The van der Waals surface area contributed by atoms with Crippen LogP contribution in [0, 0.1) is 5.41 Å². The molecule has 0 amide bonds. The summed E-state index contributed by atoms with van der Waals surface area (Å²) >= 11 is 5.34. The molecule has 0 aliphatic heterocycles. The topological polar surface area (TPSA) is 15.3 Å². The van der Waals surface area contributed by atoms with Gasteiger partial charge in [-0.15, -0.1) is 11.3 Å². The van der Waals surface area contributed by atoms with Crippen LogP contribution in [0.3, 0.4) is 0 Å². The maximum atomic E-state index is 3.64. The molecule has 1 N–H and O–H groups in total. The second kappa shape index (κ2) is 6.04. The van der Waals surface area contributed by atoms with Crippen LogP contribution in [-0.2, 0) is 6.54 Å². The SMILES string of the molecule is CN(Cc1cc(Br)cs1)CC(C)(C)CNC1CC1. The zero-order chi connectivity index (χ0) is 13.2. The van der Waals surface area contributed by atoms with Crippen molar-refractivity contribution in [3.8, 4) is 0 Å². The van der Waals surface area contributed by atoms with Gasteiger partial charge in [0.05, 0.1) is 0 Å². The normalized spacial score (nSPS) is 16.5. The van der Waals surface area contributed by atoms with Crippen LogP contribution in [0.5, 0.6) is 0 Å². The Morgan fingerprint density at radius 1 is 1.50 bits per heavy atom. The van der Waals surface area contributed by atoms with Crippen molar-refractivity contribution < 1.29 is 0 Å². The van der Waals surface area contributed by atoms with E-state index in [1.165, 1.54) is 22.2 Å². The van der Waals surface area contributed by atoms with Crippen LogP contribution in [0.25, 0.3) is 0 Å². The second-order valence-electron chi connectivity index (χ2n) is 6.22. The van der Waals surface area contributed by atoms with E-state index in [9.17, 15) is 0 Å². The minimum atomic E-state index is 0.339. The van der Waals surface area contributed by atoms with E-state index in [-0.39, 0.29) is 0 Å². The van der Waals surface area contributed by atoms with Gasteiger partial charge in [0.25, 0.3) is 0 Å². The Balaban J connectivity index is 1.75. The average molecular weight is 331 g/mol. The number of thiophene rings is 1. The third-order valence-electron chi connectivity index (χ3n) is 3.19. The molecular weight excluding hydrogens is 308 g/mol. The molecule has 1 aliphatic rings. The summed E-state index contributed by atoms with van der Waals surface area (Å²) in [5.41, 5.74) is 0.339. The zero-order valence-electron chi connectivity index (χ0n) is 11.5. The van der Waals surface area contributed by atoms with Gasteiger partial charge in [0.2, 0.25) is 0 Å². The quantitative estimate of drug-likeness (QED) is 0.819. The van der Waals surface area contributed by atoms with Crippen LogP contribution in [0.15, 0.2) is 15.9 Å². The molecule has 1 aromatic rings. The molecule has 0 radical (unpaired) electrons. The Bertz CT molecular complexity index is 385. The summed E-state index contributed by atoms with van der Waals surface area (Å²) in [6.07, 6.45) is 2.74. The van der Waals surface area contributed by atoms with E-state index < -0.39 is 0 Å². The highest BCUT2D eigenvalue weighted by Crippen LogP contribution is 2.24. The van der Waals surface area contributed by atoms with Gasteiger partial charge < -0.3 is 10.2 Å². The van der Waals surface area contributed by atoms with Gasteiger partial charge in [0, 0.05) is 40.4 Å². The van der Waals surface area contributed by atoms with Gasteiger partial charge in [-0.3, -0.25) is 0 Å². The molecule has 1 aromatic heterocycles. The summed E-state index contributed by atoms with van der Waals surface area (Å²) in [5, 5.41) is 5.79. The van der Waals surface area contributed by atoms with Crippen molar-refractivity contribution in [1.82, 2.24) is 10.2 Å². The fraction of sp³-hybridized carbons (Fsp3) is 0.714. The maximum Gasteiger partial charge on any atom is 0.0325 e. The van der Waals surface area contributed by atoms with Gasteiger partial charge in [0.15, 0.2) is 0 Å². The van der Waals surface area contributed by atoms with Gasteiger partial charge >= 0.3 is 0 Å². The first-order valence-corrected chi connectivity index (χ1v) is 8.27. The average Bonchev–Trinajstić information content (AvgIpc) is 3.00. The smallest absolute Gasteiger partial charge is 0.0325 e. The Morgan fingerprint density at radius 2 is 2.22 bits per heavy atom. The molecule has 18 heavy (non-hydrogen) atoms.